The van der Waals surface area contributed by atoms with E-state index in [4.69, 9.17) is 10.5 Å². The van der Waals surface area contributed by atoms with Gasteiger partial charge in [0.2, 0.25) is 0 Å². The van der Waals surface area contributed by atoms with Gasteiger partial charge in [0.05, 0.1) is 13.3 Å². The van der Waals surface area contributed by atoms with Gasteiger partial charge in [0.15, 0.2) is 0 Å². The normalized spacial score (nSPS) is 10.5. The molecule has 0 spiro atoms. The van der Waals surface area contributed by atoms with Gasteiger partial charge in [-0.15, -0.1) is 0 Å². The zero-order chi connectivity index (χ0) is 12.3. The van der Waals surface area contributed by atoms with Crippen molar-refractivity contribution in [3.8, 4) is 16.9 Å². The van der Waals surface area contributed by atoms with Crippen molar-refractivity contribution >= 4 is 5.69 Å². The van der Waals surface area contributed by atoms with Crippen molar-refractivity contribution < 1.29 is 4.74 Å². The van der Waals surface area contributed by atoms with Gasteiger partial charge in [0.1, 0.15) is 5.75 Å². The van der Waals surface area contributed by atoms with E-state index in [2.05, 4.69) is 12.0 Å². The van der Waals surface area contributed by atoms with Crippen molar-refractivity contribution in [1.29, 1.82) is 0 Å². The Morgan fingerprint density at radius 2 is 2.24 bits per heavy atom. The number of hydrogen-bond donors (Lipinski definition) is 1. The van der Waals surface area contributed by atoms with E-state index in [9.17, 15) is 0 Å². The first-order valence-corrected chi connectivity index (χ1v) is 5.71. The summed E-state index contributed by atoms with van der Waals surface area (Å²) in [4.78, 5) is 0. The summed E-state index contributed by atoms with van der Waals surface area (Å²) in [6.45, 7) is 3.05. The van der Waals surface area contributed by atoms with Crippen LogP contribution in [0.3, 0.4) is 0 Å². The van der Waals surface area contributed by atoms with Crippen LogP contribution >= 0.6 is 0 Å². The smallest absolute Gasteiger partial charge is 0.126 e. The van der Waals surface area contributed by atoms with Crippen LogP contribution in [0.2, 0.25) is 0 Å². The van der Waals surface area contributed by atoms with Crippen molar-refractivity contribution in [2.45, 2.75) is 19.9 Å². The van der Waals surface area contributed by atoms with Crippen molar-refractivity contribution in [1.82, 2.24) is 9.78 Å². The van der Waals surface area contributed by atoms with Gasteiger partial charge in [-0.2, -0.15) is 5.10 Å². The van der Waals surface area contributed by atoms with Gasteiger partial charge < -0.3 is 10.5 Å². The summed E-state index contributed by atoms with van der Waals surface area (Å²) in [5.41, 5.74) is 8.54. The van der Waals surface area contributed by atoms with Gasteiger partial charge in [-0.25, -0.2) is 0 Å². The summed E-state index contributed by atoms with van der Waals surface area (Å²) >= 11 is 0. The van der Waals surface area contributed by atoms with E-state index in [1.807, 2.05) is 35.3 Å². The van der Waals surface area contributed by atoms with Crippen LogP contribution in [0.15, 0.2) is 30.6 Å². The zero-order valence-corrected chi connectivity index (χ0v) is 10.2. The monoisotopic (exact) mass is 231 g/mol. The van der Waals surface area contributed by atoms with E-state index in [-0.39, 0.29) is 0 Å². The SMILES string of the molecule is CCCn1cc(-c2cc(N)ccc2OC)cn1. The lowest BCUT2D eigenvalue weighted by Crippen LogP contribution is -1.95. The Hall–Kier alpha value is -1.97. The summed E-state index contributed by atoms with van der Waals surface area (Å²) in [6, 6.07) is 5.62. The van der Waals surface area contributed by atoms with E-state index >= 15 is 0 Å². The second-order valence-corrected chi connectivity index (χ2v) is 3.95. The van der Waals surface area contributed by atoms with Crippen LogP contribution in [-0.4, -0.2) is 16.9 Å². The van der Waals surface area contributed by atoms with E-state index in [0.717, 1.165) is 35.5 Å². The maximum atomic E-state index is 5.80. The van der Waals surface area contributed by atoms with E-state index in [1.165, 1.54) is 0 Å². The Kier molecular flexibility index (Phi) is 3.32. The highest BCUT2D eigenvalue weighted by atomic mass is 16.5. The van der Waals surface area contributed by atoms with Crippen molar-refractivity contribution in [3.05, 3.63) is 30.6 Å². The first-order chi connectivity index (χ1) is 8.24. The number of nitrogen functional groups attached to an aromatic ring is 1. The maximum Gasteiger partial charge on any atom is 0.126 e. The Morgan fingerprint density at radius 3 is 2.94 bits per heavy atom. The van der Waals surface area contributed by atoms with Crippen LogP contribution in [0.25, 0.3) is 11.1 Å². The molecule has 1 heterocycles. The second-order valence-electron chi connectivity index (χ2n) is 3.95. The Bertz CT molecular complexity index is 505. The molecule has 0 aliphatic rings. The number of anilines is 1. The lowest BCUT2D eigenvalue weighted by atomic mass is 10.1. The van der Waals surface area contributed by atoms with Crippen molar-refractivity contribution in [2.24, 2.45) is 0 Å². The van der Waals surface area contributed by atoms with Gasteiger partial charge in [-0.3, -0.25) is 4.68 Å². The molecule has 0 amide bonds. The molecule has 0 aliphatic carbocycles. The molecule has 1 aromatic carbocycles. The predicted molar refractivity (Wildman–Crippen MR) is 68.9 cm³/mol. The number of nitrogens with zero attached hydrogens (tertiary/aromatic N) is 2. The molecule has 0 saturated carbocycles. The molecule has 0 atom stereocenters. The van der Waals surface area contributed by atoms with Crippen LogP contribution in [0.4, 0.5) is 5.69 Å². The molecule has 0 unspecified atom stereocenters. The average molecular weight is 231 g/mol. The molecule has 17 heavy (non-hydrogen) atoms. The average Bonchev–Trinajstić information content (AvgIpc) is 2.78. The minimum atomic E-state index is 0.726. The molecular weight excluding hydrogens is 214 g/mol. The third-order valence-electron chi connectivity index (χ3n) is 2.62. The first-order valence-electron chi connectivity index (χ1n) is 5.71. The summed E-state index contributed by atoms with van der Waals surface area (Å²) in [5.74, 6) is 0.815. The summed E-state index contributed by atoms with van der Waals surface area (Å²) in [6.07, 6.45) is 4.92. The maximum absolute atomic E-state index is 5.80. The molecule has 2 N–H and O–H groups in total. The Balaban J connectivity index is 2.40. The molecule has 90 valence electrons. The van der Waals surface area contributed by atoms with Crippen molar-refractivity contribution in [2.75, 3.05) is 12.8 Å². The largest absolute Gasteiger partial charge is 0.496 e. The highest BCUT2D eigenvalue weighted by Crippen LogP contribution is 2.31. The molecule has 0 saturated heterocycles. The fourth-order valence-electron chi connectivity index (χ4n) is 1.81. The number of aromatic nitrogens is 2. The number of ether oxygens (including phenoxy) is 1. The van der Waals surface area contributed by atoms with Crippen LogP contribution < -0.4 is 10.5 Å². The minimum absolute atomic E-state index is 0.726. The van der Waals surface area contributed by atoms with Crippen LogP contribution in [0, 0.1) is 0 Å². The Labute approximate surface area is 101 Å². The van der Waals surface area contributed by atoms with E-state index < -0.39 is 0 Å². The highest BCUT2D eigenvalue weighted by molar-refractivity contribution is 5.72. The van der Waals surface area contributed by atoms with Crippen molar-refractivity contribution in [3.63, 3.8) is 0 Å². The quantitative estimate of drug-likeness (QED) is 0.823. The lowest BCUT2D eigenvalue weighted by molar-refractivity contribution is 0.416. The summed E-state index contributed by atoms with van der Waals surface area (Å²) in [5, 5.41) is 4.31. The number of benzene rings is 1. The zero-order valence-electron chi connectivity index (χ0n) is 10.2. The molecule has 0 bridgehead atoms. The van der Waals surface area contributed by atoms with Gasteiger partial charge >= 0.3 is 0 Å². The molecule has 2 aromatic rings. The molecule has 0 aliphatic heterocycles. The van der Waals surface area contributed by atoms with E-state index in [1.54, 1.807) is 7.11 Å². The predicted octanol–water partition coefficient (Wildman–Crippen LogP) is 2.55. The molecule has 0 radical (unpaired) electrons. The molecular formula is C13H17N3O. The standard InChI is InChI=1S/C13H17N3O/c1-3-6-16-9-10(8-15-16)12-7-11(14)4-5-13(12)17-2/h4-5,7-9H,3,6,14H2,1-2H3. The second kappa shape index (κ2) is 4.91. The summed E-state index contributed by atoms with van der Waals surface area (Å²) < 4.78 is 7.26. The van der Waals surface area contributed by atoms with Crippen LogP contribution in [0.1, 0.15) is 13.3 Å². The van der Waals surface area contributed by atoms with Gasteiger partial charge in [-0.05, 0) is 24.6 Å². The summed E-state index contributed by atoms with van der Waals surface area (Å²) in [7, 11) is 1.66. The molecule has 4 nitrogen and oxygen atoms in total. The number of aryl methyl sites for hydroxylation is 1. The molecule has 1 aromatic heterocycles. The van der Waals surface area contributed by atoms with Crippen LogP contribution in [0.5, 0.6) is 5.75 Å². The first kappa shape index (κ1) is 11.5. The van der Waals surface area contributed by atoms with Gasteiger partial charge in [0.25, 0.3) is 0 Å². The van der Waals surface area contributed by atoms with Gasteiger partial charge in [-0.1, -0.05) is 6.92 Å². The third kappa shape index (κ3) is 2.41. The highest BCUT2D eigenvalue weighted by Gasteiger charge is 2.08. The Morgan fingerprint density at radius 1 is 1.41 bits per heavy atom. The number of hydrogen-bond acceptors (Lipinski definition) is 3. The molecule has 0 fully saturated rings. The molecule has 4 heteroatoms. The topological polar surface area (TPSA) is 53.1 Å². The van der Waals surface area contributed by atoms with Crippen LogP contribution in [-0.2, 0) is 6.54 Å². The third-order valence-corrected chi connectivity index (χ3v) is 2.62. The lowest BCUT2D eigenvalue weighted by Gasteiger charge is -2.07. The molecule has 2 rings (SSSR count). The number of nitrogens with two attached hydrogens (primary N) is 1. The fourth-order valence-corrected chi connectivity index (χ4v) is 1.81. The fraction of sp³-hybridized carbons (Fsp3) is 0.308. The number of methoxy groups -OCH3 is 1. The minimum Gasteiger partial charge on any atom is -0.496 e. The van der Waals surface area contributed by atoms with E-state index in [0.29, 0.717) is 0 Å². The number of rotatable bonds is 4. The van der Waals surface area contributed by atoms with Gasteiger partial charge in [0, 0.05) is 29.6 Å².